The fourth-order valence-corrected chi connectivity index (χ4v) is 2.92. The second-order valence-electron chi connectivity index (χ2n) is 5.45. The molecule has 1 heterocycles. The number of aromatic nitrogens is 1. The summed E-state index contributed by atoms with van der Waals surface area (Å²) in [5, 5.41) is 1.59. The summed E-state index contributed by atoms with van der Waals surface area (Å²) < 4.78 is 2.18. The maximum atomic E-state index is 12.8. The number of unbranched alkanes of at least 4 members (excludes halogenated alkanes) is 1. The second-order valence-corrected chi connectivity index (χ2v) is 5.88. The van der Waals surface area contributed by atoms with E-state index in [-0.39, 0.29) is 5.78 Å². The molecule has 1 aromatic heterocycles. The minimum Gasteiger partial charge on any atom is -0.347 e. The largest absolute Gasteiger partial charge is 0.347 e. The van der Waals surface area contributed by atoms with Gasteiger partial charge in [-0.25, -0.2) is 0 Å². The lowest BCUT2D eigenvalue weighted by Gasteiger charge is -2.02. The zero-order valence-corrected chi connectivity index (χ0v) is 13.3. The normalized spacial score (nSPS) is 11.0. The Morgan fingerprint density at radius 1 is 1.14 bits per heavy atom. The van der Waals surface area contributed by atoms with Gasteiger partial charge in [0.25, 0.3) is 0 Å². The number of nitrogens with zero attached hydrogens (tertiary/aromatic N) is 1. The molecule has 0 spiro atoms. The van der Waals surface area contributed by atoms with Crippen molar-refractivity contribution < 1.29 is 4.79 Å². The van der Waals surface area contributed by atoms with Crippen molar-refractivity contribution >= 4 is 28.3 Å². The van der Waals surface area contributed by atoms with Crippen molar-refractivity contribution in [1.29, 1.82) is 0 Å². The fraction of sp³-hybridized carbons (Fsp3) is 0.211. The van der Waals surface area contributed by atoms with Crippen molar-refractivity contribution in [2.75, 3.05) is 0 Å². The predicted molar refractivity (Wildman–Crippen MR) is 91.7 cm³/mol. The van der Waals surface area contributed by atoms with Gasteiger partial charge in [0.15, 0.2) is 5.78 Å². The zero-order valence-electron chi connectivity index (χ0n) is 12.6. The molecule has 2 aromatic carbocycles. The number of para-hydroxylation sites is 1. The van der Waals surface area contributed by atoms with Gasteiger partial charge in [-0.2, -0.15) is 0 Å². The number of fused-ring (bicyclic) bond motifs is 1. The number of hydrogen-bond donors (Lipinski definition) is 0. The quantitative estimate of drug-likeness (QED) is 0.584. The van der Waals surface area contributed by atoms with E-state index in [1.165, 1.54) is 0 Å². The molecule has 0 aliphatic heterocycles. The van der Waals surface area contributed by atoms with Crippen molar-refractivity contribution in [3.63, 3.8) is 0 Å². The number of rotatable bonds is 5. The van der Waals surface area contributed by atoms with Gasteiger partial charge in [0, 0.05) is 39.8 Å². The Bertz CT molecular complexity index is 819. The standard InChI is InChI=1S/C19H18ClNO/c1-2-3-11-21-13-17(16-9-4-5-10-18(16)21)19(22)14-7-6-8-15(20)12-14/h4-10,12-13H,2-3,11H2,1H3. The van der Waals surface area contributed by atoms with Crippen molar-refractivity contribution in [2.45, 2.75) is 26.3 Å². The Labute approximate surface area is 135 Å². The van der Waals surface area contributed by atoms with Crippen molar-refractivity contribution in [3.8, 4) is 0 Å². The molecule has 3 heteroatoms. The van der Waals surface area contributed by atoms with E-state index in [0.717, 1.165) is 35.9 Å². The van der Waals surface area contributed by atoms with Crippen LogP contribution in [0.15, 0.2) is 54.7 Å². The van der Waals surface area contributed by atoms with Crippen LogP contribution in [0.5, 0.6) is 0 Å². The monoisotopic (exact) mass is 311 g/mol. The van der Waals surface area contributed by atoms with Crippen LogP contribution in [0.1, 0.15) is 35.7 Å². The summed E-state index contributed by atoms with van der Waals surface area (Å²) in [6, 6.07) is 15.2. The van der Waals surface area contributed by atoms with Crippen molar-refractivity contribution in [1.82, 2.24) is 4.57 Å². The minimum atomic E-state index is 0.0222. The molecule has 0 aliphatic rings. The molecule has 3 aromatic rings. The van der Waals surface area contributed by atoms with E-state index < -0.39 is 0 Å². The molecule has 0 bridgehead atoms. The first-order valence-electron chi connectivity index (χ1n) is 7.59. The average Bonchev–Trinajstić information content (AvgIpc) is 2.91. The van der Waals surface area contributed by atoms with Gasteiger partial charge in [-0.3, -0.25) is 4.79 Å². The van der Waals surface area contributed by atoms with E-state index in [1.54, 1.807) is 12.1 Å². The van der Waals surface area contributed by atoms with Crippen LogP contribution in [0, 0.1) is 0 Å². The molecule has 0 unspecified atom stereocenters. The van der Waals surface area contributed by atoms with E-state index >= 15 is 0 Å². The van der Waals surface area contributed by atoms with Gasteiger partial charge in [0.05, 0.1) is 0 Å². The molecule has 112 valence electrons. The van der Waals surface area contributed by atoms with Gasteiger partial charge >= 0.3 is 0 Å². The number of carbonyl (C=O) groups is 1. The van der Waals surface area contributed by atoms with Crippen LogP contribution < -0.4 is 0 Å². The summed E-state index contributed by atoms with van der Waals surface area (Å²) in [6.45, 7) is 3.10. The number of ketones is 1. The third-order valence-corrected chi connectivity index (χ3v) is 4.11. The number of carbonyl (C=O) groups excluding carboxylic acids is 1. The molecule has 0 N–H and O–H groups in total. The van der Waals surface area contributed by atoms with Crippen molar-refractivity contribution in [2.24, 2.45) is 0 Å². The van der Waals surface area contributed by atoms with E-state index in [1.807, 2.05) is 36.5 Å². The summed E-state index contributed by atoms with van der Waals surface area (Å²) in [7, 11) is 0. The summed E-state index contributed by atoms with van der Waals surface area (Å²) in [6.07, 6.45) is 4.21. The summed E-state index contributed by atoms with van der Waals surface area (Å²) in [4.78, 5) is 12.8. The molecule has 0 fully saturated rings. The lowest BCUT2D eigenvalue weighted by atomic mass is 10.0. The van der Waals surface area contributed by atoms with E-state index in [4.69, 9.17) is 11.6 Å². The van der Waals surface area contributed by atoms with Crippen molar-refractivity contribution in [3.05, 3.63) is 70.9 Å². The second kappa shape index (κ2) is 6.37. The van der Waals surface area contributed by atoms with Gasteiger partial charge in [-0.15, -0.1) is 0 Å². The highest BCUT2D eigenvalue weighted by atomic mass is 35.5. The van der Waals surface area contributed by atoms with E-state index in [2.05, 4.69) is 17.6 Å². The van der Waals surface area contributed by atoms with Crippen LogP contribution in [-0.2, 0) is 6.54 Å². The van der Waals surface area contributed by atoms with Crippen LogP contribution in [0.3, 0.4) is 0 Å². The number of aryl methyl sites for hydroxylation is 1. The van der Waals surface area contributed by atoms with Gasteiger partial charge in [0.2, 0.25) is 0 Å². The third kappa shape index (κ3) is 2.79. The highest BCUT2D eigenvalue weighted by Crippen LogP contribution is 2.25. The molecule has 0 radical (unpaired) electrons. The number of benzene rings is 2. The lowest BCUT2D eigenvalue weighted by Crippen LogP contribution is -2.01. The van der Waals surface area contributed by atoms with Crippen LogP contribution >= 0.6 is 11.6 Å². The SMILES string of the molecule is CCCCn1cc(C(=O)c2cccc(Cl)c2)c2ccccc21. The fourth-order valence-electron chi connectivity index (χ4n) is 2.73. The summed E-state index contributed by atoms with van der Waals surface area (Å²) in [5.74, 6) is 0.0222. The summed E-state index contributed by atoms with van der Waals surface area (Å²) >= 11 is 6.01. The number of halogens is 1. The molecule has 0 aliphatic carbocycles. The van der Waals surface area contributed by atoms with Crippen LogP contribution in [0.2, 0.25) is 5.02 Å². The smallest absolute Gasteiger partial charge is 0.195 e. The maximum absolute atomic E-state index is 12.8. The Hall–Kier alpha value is -2.06. The van der Waals surface area contributed by atoms with Crippen LogP contribution in [0.25, 0.3) is 10.9 Å². The number of hydrogen-bond acceptors (Lipinski definition) is 1. The van der Waals surface area contributed by atoms with Gasteiger partial charge in [-0.05, 0) is 24.6 Å². The van der Waals surface area contributed by atoms with E-state index in [9.17, 15) is 4.79 Å². The topological polar surface area (TPSA) is 22.0 Å². The van der Waals surface area contributed by atoms with Gasteiger partial charge in [0.1, 0.15) is 0 Å². The molecule has 22 heavy (non-hydrogen) atoms. The Kier molecular flexibility index (Phi) is 4.30. The van der Waals surface area contributed by atoms with Gasteiger partial charge in [-0.1, -0.05) is 55.3 Å². The summed E-state index contributed by atoms with van der Waals surface area (Å²) in [5.41, 5.74) is 2.49. The molecular formula is C19H18ClNO. The highest BCUT2D eigenvalue weighted by Gasteiger charge is 2.16. The minimum absolute atomic E-state index is 0.0222. The van der Waals surface area contributed by atoms with Gasteiger partial charge < -0.3 is 4.57 Å². The molecule has 3 rings (SSSR count). The molecule has 0 atom stereocenters. The van der Waals surface area contributed by atoms with Crippen LogP contribution in [0.4, 0.5) is 0 Å². The Morgan fingerprint density at radius 2 is 1.95 bits per heavy atom. The average molecular weight is 312 g/mol. The Morgan fingerprint density at radius 3 is 2.73 bits per heavy atom. The molecule has 0 saturated carbocycles. The predicted octanol–water partition coefficient (Wildman–Crippen LogP) is 5.33. The zero-order chi connectivity index (χ0) is 15.5. The first-order valence-corrected chi connectivity index (χ1v) is 7.96. The molecule has 0 saturated heterocycles. The van der Waals surface area contributed by atoms with E-state index in [0.29, 0.717) is 10.6 Å². The van der Waals surface area contributed by atoms with Crippen LogP contribution in [-0.4, -0.2) is 10.4 Å². The first-order chi connectivity index (χ1) is 10.7. The third-order valence-electron chi connectivity index (χ3n) is 3.87. The highest BCUT2D eigenvalue weighted by molar-refractivity contribution is 6.31. The molecule has 2 nitrogen and oxygen atoms in total. The molecular weight excluding hydrogens is 294 g/mol. The first kappa shape index (κ1) is 14.9. The molecule has 0 amide bonds. The maximum Gasteiger partial charge on any atom is 0.195 e. The lowest BCUT2D eigenvalue weighted by molar-refractivity contribution is 0.104. The Balaban J connectivity index is 2.08.